The Labute approximate surface area is 205 Å². The molecule has 0 saturated heterocycles. The molecule has 34 heavy (non-hydrogen) atoms. The maximum Gasteiger partial charge on any atom is 0.316 e. The minimum absolute atomic E-state index is 0.136. The maximum atomic E-state index is 13.3. The molecule has 4 rings (SSSR count). The van der Waals surface area contributed by atoms with E-state index in [1.165, 1.54) is 28.7 Å². The fraction of sp³-hybridized carbons (Fsp3) is 0.208. The SMILES string of the molecule is CCOC(=O)CSc1nnc(NC(=O)c2cn(-c3ccccc3)nc2-c2ccc(C)c(C)c2)s1. The maximum absolute atomic E-state index is 13.3. The molecule has 0 aliphatic rings. The van der Waals surface area contributed by atoms with Crippen molar-refractivity contribution in [2.45, 2.75) is 25.1 Å². The average molecular weight is 494 g/mol. The summed E-state index contributed by atoms with van der Waals surface area (Å²) in [5.74, 6) is -0.523. The zero-order valence-corrected chi connectivity index (χ0v) is 20.6. The number of benzene rings is 2. The molecular formula is C24H23N5O3S2. The van der Waals surface area contributed by atoms with Crippen LogP contribution in [0.1, 0.15) is 28.4 Å². The number of aryl methyl sites for hydroxylation is 2. The number of thioether (sulfide) groups is 1. The zero-order valence-electron chi connectivity index (χ0n) is 18.9. The molecule has 0 aliphatic carbocycles. The first-order valence-corrected chi connectivity index (χ1v) is 12.4. The Morgan fingerprint density at radius 1 is 1.09 bits per heavy atom. The van der Waals surface area contributed by atoms with Crippen LogP contribution < -0.4 is 5.32 Å². The van der Waals surface area contributed by atoms with Crippen LogP contribution in [0.4, 0.5) is 5.13 Å². The van der Waals surface area contributed by atoms with E-state index in [-0.39, 0.29) is 17.6 Å². The predicted molar refractivity (Wildman–Crippen MR) is 134 cm³/mol. The first kappa shape index (κ1) is 23.7. The number of hydrogen-bond donors (Lipinski definition) is 1. The van der Waals surface area contributed by atoms with Crippen molar-refractivity contribution in [2.75, 3.05) is 17.7 Å². The second kappa shape index (κ2) is 10.6. The van der Waals surface area contributed by atoms with Crippen molar-refractivity contribution in [3.8, 4) is 16.9 Å². The van der Waals surface area contributed by atoms with Gasteiger partial charge in [-0.3, -0.25) is 14.9 Å². The van der Waals surface area contributed by atoms with Crippen molar-refractivity contribution in [1.82, 2.24) is 20.0 Å². The molecule has 2 aromatic heterocycles. The van der Waals surface area contributed by atoms with E-state index < -0.39 is 0 Å². The van der Waals surface area contributed by atoms with Crippen molar-refractivity contribution in [3.05, 3.63) is 71.4 Å². The molecule has 2 heterocycles. The summed E-state index contributed by atoms with van der Waals surface area (Å²) in [7, 11) is 0. The Kier molecular flexibility index (Phi) is 7.39. The Balaban J connectivity index is 1.60. The molecule has 2 aromatic carbocycles. The van der Waals surface area contributed by atoms with Gasteiger partial charge >= 0.3 is 5.97 Å². The Morgan fingerprint density at radius 2 is 1.88 bits per heavy atom. The fourth-order valence-corrected chi connectivity index (χ4v) is 4.71. The van der Waals surface area contributed by atoms with E-state index in [9.17, 15) is 9.59 Å². The molecule has 0 saturated carbocycles. The number of anilines is 1. The Morgan fingerprint density at radius 3 is 2.62 bits per heavy atom. The molecule has 174 valence electrons. The lowest BCUT2D eigenvalue weighted by atomic mass is 10.0. The summed E-state index contributed by atoms with van der Waals surface area (Å²) in [6.07, 6.45) is 1.71. The number of para-hydroxylation sites is 1. The number of amides is 1. The van der Waals surface area contributed by atoms with Crippen molar-refractivity contribution in [2.24, 2.45) is 0 Å². The predicted octanol–water partition coefficient (Wildman–Crippen LogP) is 4.92. The molecule has 0 unspecified atom stereocenters. The second-order valence-corrected chi connectivity index (χ2v) is 9.59. The van der Waals surface area contributed by atoms with E-state index >= 15 is 0 Å². The number of esters is 1. The number of carbonyl (C=O) groups is 2. The third-order valence-electron chi connectivity index (χ3n) is 5.01. The third-order valence-corrected chi connectivity index (χ3v) is 6.95. The molecule has 0 bridgehead atoms. The van der Waals surface area contributed by atoms with Gasteiger partial charge in [-0.2, -0.15) is 5.10 Å². The van der Waals surface area contributed by atoms with E-state index in [2.05, 4.69) is 15.5 Å². The lowest BCUT2D eigenvalue weighted by molar-refractivity contribution is -0.139. The zero-order chi connectivity index (χ0) is 24.1. The third kappa shape index (κ3) is 5.52. The van der Waals surface area contributed by atoms with Gasteiger partial charge in [-0.05, 0) is 50.1 Å². The smallest absolute Gasteiger partial charge is 0.316 e. The van der Waals surface area contributed by atoms with Crippen LogP contribution in [0.2, 0.25) is 0 Å². The van der Waals surface area contributed by atoms with Gasteiger partial charge in [-0.15, -0.1) is 10.2 Å². The van der Waals surface area contributed by atoms with E-state index in [1.807, 2.05) is 62.4 Å². The van der Waals surface area contributed by atoms with Crippen LogP contribution >= 0.6 is 23.1 Å². The highest BCUT2D eigenvalue weighted by Gasteiger charge is 2.21. The molecule has 0 aliphatic heterocycles. The number of carbonyl (C=O) groups excluding carboxylic acids is 2. The van der Waals surface area contributed by atoms with Gasteiger partial charge in [0, 0.05) is 11.8 Å². The van der Waals surface area contributed by atoms with E-state index in [1.54, 1.807) is 17.8 Å². The van der Waals surface area contributed by atoms with Crippen molar-refractivity contribution >= 4 is 40.1 Å². The van der Waals surface area contributed by atoms with Crippen LogP contribution in [0.3, 0.4) is 0 Å². The average Bonchev–Trinajstić information content (AvgIpc) is 3.48. The molecule has 0 spiro atoms. The van der Waals surface area contributed by atoms with Crippen LogP contribution in [-0.2, 0) is 9.53 Å². The van der Waals surface area contributed by atoms with Gasteiger partial charge in [-0.1, -0.05) is 53.4 Å². The van der Waals surface area contributed by atoms with Crippen molar-refractivity contribution in [1.29, 1.82) is 0 Å². The molecule has 1 N–H and O–H groups in total. The second-order valence-electron chi connectivity index (χ2n) is 7.39. The van der Waals surface area contributed by atoms with Gasteiger partial charge in [0.05, 0.1) is 23.6 Å². The Hall–Kier alpha value is -3.50. The Bertz CT molecular complexity index is 1320. The summed E-state index contributed by atoms with van der Waals surface area (Å²) in [5.41, 5.74) is 4.98. The summed E-state index contributed by atoms with van der Waals surface area (Å²) >= 11 is 2.42. The highest BCUT2D eigenvalue weighted by atomic mass is 32.2. The van der Waals surface area contributed by atoms with Crippen LogP contribution in [0.25, 0.3) is 16.9 Å². The minimum Gasteiger partial charge on any atom is -0.465 e. The van der Waals surface area contributed by atoms with Gasteiger partial charge in [0.2, 0.25) is 5.13 Å². The van der Waals surface area contributed by atoms with Gasteiger partial charge in [0.25, 0.3) is 5.91 Å². The summed E-state index contributed by atoms with van der Waals surface area (Å²) < 4.78 is 7.18. The van der Waals surface area contributed by atoms with Crippen molar-refractivity contribution in [3.63, 3.8) is 0 Å². The van der Waals surface area contributed by atoms with Crippen LogP contribution in [-0.4, -0.2) is 44.2 Å². The quantitative estimate of drug-likeness (QED) is 0.211. The van der Waals surface area contributed by atoms with Crippen LogP contribution in [0.5, 0.6) is 0 Å². The number of nitrogens with one attached hydrogen (secondary N) is 1. The highest BCUT2D eigenvalue weighted by molar-refractivity contribution is 8.01. The standard InChI is InChI=1S/C24H23N5O3S2/c1-4-32-20(30)14-33-24-27-26-23(34-24)25-22(31)19-13-29(18-8-6-5-7-9-18)28-21(19)17-11-10-15(2)16(3)12-17/h5-13H,4,14H2,1-3H3,(H,25,26,31). The number of aromatic nitrogens is 4. The molecule has 10 heteroatoms. The largest absolute Gasteiger partial charge is 0.465 e. The highest BCUT2D eigenvalue weighted by Crippen LogP contribution is 2.29. The molecular weight excluding hydrogens is 470 g/mol. The summed E-state index contributed by atoms with van der Waals surface area (Å²) in [5, 5.41) is 16.0. The summed E-state index contributed by atoms with van der Waals surface area (Å²) in [6.45, 7) is 6.16. The van der Waals surface area contributed by atoms with Gasteiger partial charge < -0.3 is 4.74 Å². The molecule has 0 fully saturated rings. The number of ether oxygens (including phenoxy) is 1. The number of rotatable bonds is 8. The minimum atomic E-state index is -0.339. The number of hydrogen-bond acceptors (Lipinski definition) is 8. The molecule has 0 atom stereocenters. The van der Waals surface area contributed by atoms with Crippen LogP contribution in [0, 0.1) is 13.8 Å². The summed E-state index contributed by atoms with van der Waals surface area (Å²) in [4.78, 5) is 24.8. The monoisotopic (exact) mass is 493 g/mol. The van der Waals surface area contributed by atoms with Gasteiger partial charge in [0.1, 0.15) is 5.69 Å². The van der Waals surface area contributed by atoms with Crippen LogP contribution in [0.15, 0.2) is 59.1 Å². The first-order chi connectivity index (χ1) is 16.4. The topological polar surface area (TPSA) is 99.0 Å². The molecule has 1 amide bonds. The molecule has 0 radical (unpaired) electrons. The lowest BCUT2D eigenvalue weighted by Gasteiger charge is -2.05. The lowest BCUT2D eigenvalue weighted by Crippen LogP contribution is -2.12. The summed E-state index contributed by atoms with van der Waals surface area (Å²) in [6, 6.07) is 15.6. The number of nitrogens with zero attached hydrogens (tertiary/aromatic N) is 4. The normalized spacial score (nSPS) is 10.8. The van der Waals surface area contributed by atoms with E-state index in [0.717, 1.165) is 16.8 Å². The molecule has 4 aromatic rings. The van der Waals surface area contributed by atoms with E-state index in [4.69, 9.17) is 9.84 Å². The first-order valence-electron chi connectivity index (χ1n) is 10.6. The van der Waals surface area contributed by atoms with Gasteiger partial charge in [-0.25, -0.2) is 4.68 Å². The van der Waals surface area contributed by atoms with Crippen molar-refractivity contribution < 1.29 is 14.3 Å². The van der Waals surface area contributed by atoms with E-state index in [0.29, 0.717) is 27.3 Å². The van der Waals surface area contributed by atoms with Gasteiger partial charge in [0.15, 0.2) is 4.34 Å². The fourth-order valence-electron chi connectivity index (χ4n) is 3.16. The molecule has 8 nitrogen and oxygen atoms in total.